The van der Waals surface area contributed by atoms with Gasteiger partial charge < -0.3 is 10.7 Å². The summed E-state index contributed by atoms with van der Waals surface area (Å²) in [5.41, 5.74) is 5.93. The van der Waals surface area contributed by atoms with E-state index in [0.29, 0.717) is 15.6 Å². The van der Waals surface area contributed by atoms with Gasteiger partial charge in [-0.1, -0.05) is 0 Å². The second kappa shape index (κ2) is 2.84. The third kappa shape index (κ3) is 1.31. The molecule has 0 aliphatic heterocycles. The van der Waals surface area contributed by atoms with Crippen LogP contribution in [0.5, 0.6) is 6.01 Å². The van der Waals surface area contributed by atoms with Crippen LogP contribution in [-0.4, -0.2) is 15.0 Å². The molecule has 0 radical (unpaired) electrons. The first-order chi connectivity index (χ1) is 6.20. The summed E-state index contributed by atoms with van der Waals surface area (Å²) < 4.78 is 12.4. The normalized spacial score (nSPS) is 10.6. The number of nitrogens with zero attached hydrogens (tertiary/aromatic N) is 2. The SMILES string of the molecule is Nc1nc(OF)nc2[nH]c(Br)cc12. The van der Waals surface area contributed by atoms with Gasteiger partial charge in [0.05, 0.1) is 9.99 Å². The van der Waals surface area contributed by atoms with Crippen LogP contribution in [0, 0.1) is 0 Å². The van der Waals surface area contributed by atoms with Gasteiger partial charge in [-0.25, -0.2) is 0 Å². The minimum Gasteiger partial charge on any atom is -0.383 e. The molecule has 7 heteroatoms. The number of rotatable bonds is 1. The lowest BCUT2D eigenvalue weighted by Crippen LogP contribution is -1.95. The zero-order valence-electron chi connectivity index (χ0n) is 6.21. The van der Waals surface area contributed by atoms with E-state index >= 15 is 0 Å². The van der Waals surface area contributed by atoms with Gasteiger partial charge in [-0.2, -0.15) is 9.97 Å². The molecular weight excluding hydrogens is 243 g/mol. The standard InChI is InChI=1S/C6H4BrFN4O/c7-3-1-2-4(9)11-6(13-8)12-5(2)10-3/h1H,(H3,9,10,11,12). The molecule has 0 aliphatic carbocycles. The fourth-order valence-electron chi connectivity index (χ4n) is 1.01. The van der Waals surface area contributed by atoms with Gasteiger partial charge in [-0.05, 0) is 22.0 Å². The molecule has 2 aromatic heterocycles. The number of nitrogens with two attached hydrogens (primary N) is 1. The smallest absolute Gasteiger partial charge is 0.363 e. The van der Waals surface area contributed by atoms with E-state index < -0.39 is 6.01 Å². The van der Waals surface area contributed by atoms with Crippen molar-refractivity contribution in [3.05, 3.63) is 10.7 Å². The molecule has 2 aromatic rings. The quantitative estimate of drug-likeness (QED) is 0.801. The number of hydrogen-bond acceptors (Lipinski definition) is 4. The van der Waals surface area contributed by atoms with Gasteiger partial charge >= 0.3 is 6.01 Å². The van der Waals surface area contributed by atoms with Crippen LogP contribution in [0.25, 0.3) is 11.0 Å². The van der Waals surface area contributed by atoms with Crippen molar-refractivity contribution in [2.75, 3.05) is 5.73 Å². The van der Waals surface area contributed by atoms with E-state index in [1.807, 2.05) is 0 Å². The van der Waals surface area contributed by atoms with E-state index in [4.69, 9.17) is 5.73 Å². The van der Waals surface area contributed by atoms with Crippen LogP contribution < -0.4 is 10.7 Å². The highest BCUT2D eigenvalue weighted by atomic mass is 79.9. The summed E-state index contributed by atoms with van der Waals surface area (Å²) in [4.78, 5) is 13.5. The number of H-pyrrole nitrogens is 1. The van der Waals surface area contributed by atoms with Gasteiger partial charge in [-0.15, -0.1) is 0 Å². The third-order valence-electron chi connectivity index (χ3n) is 1.53. The van der Waals surface area contributed by atoms with E-state index in [2.05, 4.69) is 35.8 Å². The van der Waals surface area contributed by atoms with Crippen molar-refractivity contribution < 1.29 is 9.47 Å². The first-order valence-electron chi connectivity index (χ1n) is 3.31. The Kier molecular flexibility index (Phi) is 1.80. The second-order valence-electron chi connectivity index (χ2n) is 2.35. The predicted octanol–water partition coefficient (Wildman–Crippen LogP) is 1.57. The Labute approximate surface area is 80.1 Å². The molecule has 13 heavy (non-hydrogen) atoms. The number of aromatic nitrogens is 3. The van der Waals surface area contributed by atoms with E-state index in [1.54, 1.807) is 6.07 Å². The maximum absolute atomic E-state index is 11.7. The van der Waals surface area contributed by atoms with Gasteiger partial charge in [0, 0.05) is 4.53 Å². The lowest BCUT2D eigenvalue weighted by atomic mass is 10.4. The van der Waals surface area contributed by atoms with Gasteiger partial charge in [0.25, 0.3) is 0 Å². The Morgan fingerprint density at radius 3 is 3.00 bits per heavy atom. The average molecular weight is 247 g/mol. The zero-order chi connectivity index (χ0) is 9.42. The molecule has 0 aromatic carbocycles. The van der Waals surface area contributed by atoms with Crippen molar-refractivity contribution in [2.45, 2.75) is 0 Å². The van der Waals surface area contributed by atoms with Crippen LogP contribution in [0.2, 0.25) is 0 Å². The Hall–Kier alpha value is -1.37. The van der Waals surface area contributed by atoms with Crippen LogP contribution in [0.1, 0.15) is 0 Å². The molecule has 0 saturated heterocycles. The molecule has 2 rings (SSSR count). The summed E-state index contributed by atoms with van der Waals surface area (Å²) in [5, 5.41) is 0.618. The first-order valence-corrected chi connectivity index (χ1v) is 4.10. The summed E-state index contributed by atoms with van der Waals surface area (Å²) in [6.45, 7) is 0. The largest absolute Gasteiger partial charge is 0.383 e. The highest BCUT2D eigenvalue weighted by Gasteiger charge is 2.08. The van der Waals surface area contributed by atoms with Gasteiger partial charge in [-0.3, -0.25) is 4.94 Å². The second-order valence-corrected chi connectivity index (χ2v) is 3.20. The molecule has 3 N–H and O–H groups in total. The van der Waals surface area contributed by atoms with Gasteiger partial charge in [0.2, 0.25) is 0 Å². The summed E-state index contributed by atoms with van der Waals surface area (Å²) >= 11 is 3.19. The van der Waals surface area contributed by atoms with Crippen molar-refractivity contribution in [1.82, 2.24) is 15.0 Å². The monoisotopic (exact) mass is 246 g/mol. The van der Waals surface area contributed by atoms with Crippen molar-refractivity contribution in [1.29, 1.82) is 0 Å². The Morgan fingerprint density at radius 1 is 1.54 bits per heavy atom. The molecule has 0 fully saturated rings. The maximum atomic E-state index is 11.7. The molecule has 0 amide bonds. The highest BCUT2D eigenvalue weighted by molar-refractivity contribution is 9.10. The first kappa shape index (κ1) is 8.24. The number of nitrogens with one attached hydrogen (secondary N) is 1. The van der Waals surface area contributed by atoms with E-state index in [9.17, 15) is 4.53 Å². The number of nitrogen functional groups attached to an aromatic ring is 1. The molecule has 0 aliphatic rings. The summed E-state index contributed by atoms with van der Waals surface area (Å²) in [6.07, 6.45) is 0. The van der Waals surface area contributed by atoms with Crippen LogP contribution in [-0.2, 0) is 0 Å². The summed E-state index contributed by atoms with van der Waals surface area (Å²) in [6, 6.07) is 1.30. The molecule has 68 valence electrons. The topological polar surface area (TPSA) is 76.8 Å². The summed E-state index contributed by atoms with van der Waals surface area (Å²) in [5.74, 6) is 0.166. The van der Waals surface area contributed by atoms with Crippen LogP contribution in [0.15, 0.2) is 10.7 Å². The highest BCUT2D eigenvalue weighted by Crippen LogP contribution is 2.23. The Bertz CT molecular complexity index is 457. The van der Waals surface area contributed by atoms with Crippen LogP contribution in [0.3, 0.4) is 0 Å². The molecule has 0 spiro atoms. The molecule has 2 heterocycles. The van der Waals surface area contributed by atoms with Crippen LogP contribution in [0.4, 0.5) is 10.3 Å². The molecule has 0 saturated carbocycles. The number of halogens is 2. The fraction of sp³-hybridized carbons (Fsp3) is 0. The molecule has 0 unspecified atom stereocenters. The number of fused-ring (bicyclic) bond motifs is 1. The lowest BCUT2D eigenvalue weighted by Gasteiger charge is -1.95. The van der Waals surface area contributed by atoms with Gasteiger partial charge in [0.1, 0.15) is 11.5 Å². The minimum absolute atomic E-state index is 0.166. The van der Waals surface area contributed by atoms with Crippen molar-refractivity contribution in [3.8, 4) is 6.01 Å². The number of hydrogen-bond donors (Lipinski definition) is 2. The Balaban J connectivity index is 2.75. The van der Waals surface area contributed by atoms with E-state index in [1.165, 1.54) is 0 Å². The predicted molar refractivity (Wildman–Crippen MR) is 47.7 cm³/mol. The Morgan fingerprint density at radius 2 is 2.31 bits per heavy atom. The van der Waals surface area contributed by atoms with E-state index in [-0.39, 0.29) is 5.82 Å². The fourth-order valence-corrected chi connectivity index (χ4v) is 1.43. The molecule has 0 atom stereocenters. The molecule has 0 bridgehead atoms. The third-order valence-corrected chi connectivity index (χ3v) is 1.96. The zero-order valence-corrected chi connectivity index (χ0v) is 7.80. The van der Waals surface area contributed by atoms with Crippen LogP contribution >= 0.6 is 15.9 Å². The van der Waals surface area contributed by atoms with Gasteiger partial charge in [0.15, 0.2) is 0 Å². The number of aromatic amines is 1. The van der Waals surface area contributed by atoms with Crippen molar-refractivity contribution in [3.63, 3.8) is 0 Å². The summed E-state index contributed by atoms with van der Waals surface area (Å²) in [7, 11) is 0. The average Bonchev–Trinajstić information content (AvgIpc) is 2.46. The van der Waals surface area contributed by atoms with Crippen molar-refractivity contribution in [2.24, 2.45) is 0 Å². The minimum atomic E-state index is -0.403. The number of anilines is 1. The molecular formula is C6H4BrFN4O. The molecule has 5 nitrogen and oxygen atoms in total. The lowest BCUT2D eigenvalue weighted by molar-refractivity contribution is -0.0172. The maximum Gasteiger partial charge on any atom is 0.363 e. The van der Waals surface area contributed by atoms with E-state index in [0.717, 1.165) is 0 Å². The van der Waals surface area contributed by atoms with Crippen molar-refractivity contribution >= 4 is 32.8 Å².